The van der Waals surface area contributed by atoms with Crippen LogP contribution in [0.15, 0.2) is 66.0 Å². The molecule has 0 aliphatic carbocycles. The van der Waals surface area contributed by atoms with Crippen molar-refractivity contribution in [2.24, 2.45) is 0 Å². The minimum Gasteiger partial charge on any atom is -0.497 e. The Morgan fingerprint density at radius 3 is 2.48 bits per heavy atom. The molecule has 4 rings (SSSR count). The monoisotopic (exact) mass is 463 g/mol. The van der Waals surface area contributed by atoms with Crippen molar-refractivity contribution >= 4 is 34.9 Å². The minimum absolute atomic E-state index is 0.0332. The molecule has 0 bridgehead atoms. The Bertz CT molecular complexity index is 1070. The summed E-state index contributed by atoms with van der Waals surface area (Å²) < 4.78 is 5.25. The van der Waals surface area contributed by atoms with E-state index < -0.39 is 0 Å². The number of carbonyl (C=O) groups is 1. The van der Waals surface area contributed by atoms with Crippen molar-refractivity contribution in [3.05, 3.63) is 66.5 Å². The van der Waals surface area contributed by atoms with Gasteiger partial charge in [0.25, 0.3) is 0 Å². The highest BCUT2D eigenvalue weighted by molar-refractivity contribution is 7.99. The number of carbonyl (C=O) groups excluding carboxylic acids is 1. The van der Waals surface area contributed by atoms with Gasteiger partial charge in [-0.3, -0.25) is 4.79 Å². The topological polar surface area (TPSA) is 70.6 Å². The summed E-state index contributed by atoms with van der Waals surface area (Å²) in [6, 6.07) is 18.1. The van der Waals surface area contributed by atoms with Gasteiger partial charge < -0.3 is 19.9 Å². The van der Waals surface area contributed by atoms with Crippen LogP contribution in [0.5, 0.6) is 5.75 Å². The fraction of sp³-hybridized carbons (Fsp3) is 0.320. The molecule has 0 atom stereocenters. The number of nitrogens with one attached hydrogen (secondary N) is 1. The van der Waals surface area contributed by atoms with Gasteiger partial charge in [-0.2, -0.15) is 0 Å². The number of hydrogen-bond donors (Lipinski definition) is 1. The summed E-state index contributed by atoms with van der Waals surface area (Å²) in [5.41, 5.74) is 3.21. The minimum atomic E-state index is -0.0332. The third kappa shape index (κ3) is 5.96. The summed E-state index contributed by atoms with van der Waals surface area (Å²) in [6.45, 7) is 5.66. The van der Waals surface area contributed by atoms with E-state index in [1.807, 2.05) is 42.5 Å². The van der Waals surface area contributed by atoms with Gasteiger partial charge in [-0.15, -0.1) is 0 Å². The Morgan fingerprint density at radius 2 is 1.76 bits per heavy atom. The first-order chi connectivity index (χ1) is 16.2. The molecule has 1 aliphatic heterocycles. The van der Waals surface area contributed by atoms with Gasteiger partial charge in [0.1, 0.15) is 22.9 Å². The molecule has 172 valence electrons. The number of thioether (sulfide) groups is 1. The highest BCUT2D eigenvalue weighted by Gasteiger charge is 2.19. The molecule has 1 N–H and O–H groups in total. The average Bonchev–Trinajstić information content (AvgIpc) is 2.88. The summed E-state index contributed by atoms with van der Waals surface area (Å²) >= 11 is 1.43. The third-order valence-electron chi connectivity index (χ3n) is 5.69. The fourth-order valence-electron chi connectivity index (χ4n) is 3.84. The van der Waals surface area contributed by atoms with Crippen LogP contribution in [0.3, 0.4) is 0 Å². The van der Waals surface area contributed by atoms with Crippen molar-refractivity contribution in [3.8, 4) is 5.75 Å². The molecule has 1 aliphatic rings. The zero-order valence-corrected chi connectivity index (χ0v) is 19.8. The summed E-state index contributed by atoms with van der Waals surface area (Å²) in [7, 11) is 1.68. The molecule has 1 amide bonds. The molecule has 3 aromatic rings. The number of anilines is 3. The lowest BCUT2D eigenvalue weighted by Gasteiger charge is -2.36. The van der Waals surface area contributed by atoms with Crippen molar-refractivity contribution in [2.45, 2.75) is 18.4 Å². The Hall–Kier alpha value is -3.26. The molecule has 0 radical (unpaired) electrons. The van der Waals surface area contributed by atoms with Crippen molar-refractivity contribution in [3.63, 3.8) is 0 Å². The predicted octanol–water partition coefficient (Wildman–Crippen LogP) is 4.11. The molecular formula is C25H29N5O2S. The summed E-state index contributed by atoms with van der Waals surface area (Å²) in [4.78, 5) is 25.9. The Balaban J connectivity index is 1.30. The van der Waals surface area contributed by atoms with Crippen LogP contribution in [0.1, 0.15) is 12.5 Å². The molecule has 0 spiro atoms. The molecule has 1 saturated heterocycles. The van der Waals surface area contributed by atoms with Gasteiger partial charge in [-0.25, -0.2) is 9.97 Å². The Labute approximate surface area is 199 Å². The maximum atomic E-state index is 12.5. The van der Waals surface area contributed by atoms with Crippen molar-refractivity contribution in [1.82, 2.24) is 9.97 Å². The smallest absolute Gasteiger partial charge is 0.234 e. The molecule has 7 nitrogen and oxygen atoms in total. The number of hydrogen-bond acceptors (Lipinski definition) is 7. The van der Waals surface area contributed by atoms with Crippen LogP contribution >= 0.6 is 11.8 Å². The summed E-state index contributed by atoms with van der Waals surface area (Å²) in [5.74, 6) is 2.04. The van der Waals surface area contributed by atoms with Crippen LogP contribution < -0.4 is 19.9 Å². The van der Waals surface area contributed by atoms with Crippen LogP contribution in [-0.4, -0.2) is 54.9 Å². The van der Waals surface area contributed by atoms with Crippen molar-refractivity contribution in [1.29, 1.82) is 0 Å². The Kier molecular flexibility index (Phi) is 7.67. The number of rotatable bonds is 8. The average molecular weight is 464 g/mol. The van der Waals surface area contributed by atoms with E-state index in [9.17, 15) is 4.79 Å². The quantitative estimate of drug-likeness (QED) is 0.398. The molecule has 0 unspecified atom stereocenters. The van der Waals surface area contributed by atoms with Gasteiger partial charge in [0.05, 0.1) is 12.9 Å². The van der Waals surface area contributed by atoms with Crippen LogP contribution in [0.25, 0.3) is 0 Å². The second kappa shape index (κ2) is 11.0. The molecule has 1 fully saturated rings. The van der Waals surface area contributed by atoms with E-state index in [2.05, 4.69) is 44.1 Å². The van der Waals surface area contributed by atoms with Crippen LogP contribution in [0.4, 0.5) is 17.2 Å². The lowest BCUT2D eigenvalue weighted by atomic mass is 10.1. The Morgan fingerprint density at radius 1 is 1.03 bits per heavy atom. The molecule has 2 heterocycles. The molecule has 33 heavy (non-hydrogen) atoms. The van der Waals surface area contributed by atoms with Crippen LogP contribution in [0, 0.1) is 0 Å². The number of piperazine rings is 1. The summed E-state index contributed by atoms with van der Waals surface area (Å²) in [6.07, 6.45) is 2.46. The van der Waals surface area contributed by atoms with Crippen molar-refractivity contribution < 1.29 is 9.53 Å². The molecular weight excluding hydrogens is 434 g/mol. The highest BCUT2D eigenvalue weighted by Crippen LogP contribution is 2.24. The number of para-hydroxylation sites is 1. The zero-order valence-electron chi connectivity index (χ0n) is 19.0. The third-order valence-corrected chi connectivity index (χ3v) is 6.62. The largest absolute Gasteiger partial charge is 0.497 e. The SMILES string of the molecule is CCc1ccccc1NC(=O)CSc1cc(N2CCN(c3ccc(OC)cc3)CC2)ncn1. The number of amides is 1. The molecule has 2 aromatic carbocycles. The zero-order chi connectivity index (χ0) is 23.0. The van der Waals surface area contributed by atoms with Gasteiger partial charge >= 0.3 is 0 Å². The standard InChI is InChI=1S/C25H29N5O2S/c1-3-19-6-4-5-7-22(19)28-24(31)17-33-25-16-23(26-18-27-25)30-14-12-29(13-15-30)20-8-10-21(32-2)11-9-20/h4-11,16,18H,3,12-15,17H2,1-2H3,(H,28,31). The van der Waals surface area contributed by atoms with Crippen molar-refractivity contribution in [2.75, 3.05) is 54.2 Å². The van der Waals surface area contributed by atoms with E-state index in [0.717, 1.165) is 60.4 Å². The van der Waals surface area contributed by atoms with E-state index in [0.29, 0.717) is 5.75 Å². The second-order valence-electron chi connectivity index (χ2n) is 7.73. The molecule has 1 aromatic heterocycles. The first kappa shape index (κ1) is 22.9. The molecule has 0 saturated carbocycles. The maximum Gasteiger partial charge on any atom is 0.234 e. The number of methoxy groups -OCH3 is 1. The van der Waals surface area contributed by atoms with Gasteiger partial charge in [-0.1, -0.05) is 36.9 Å². The number of nitrogens with zero attached hydrogens (tertiary/aromatic N) is 4. The molecule has 8 heteroatoms. The number of aryl methyl sites for hydroxylation is 1. The predicted molar refractivity (Wildman–Crippen MR) is 135 cm³/mol. The van der Waals surface area contributed by atoms with Gasteiger partial charge in [0.15, 0.2) is 0 Å². The highest BCUT2D eigenvalue weighted by atomic mass is 32.2. The normalized spacial score (nSPS) is 13.6. The van der Waals surface area contributed by atoms with Crippen LogP contribution in [0.2, 0.25) is 0 Å². The number of benzene rings is 2. The number of aromatic nitrogens is 2. The van der Waals surface area contributed by atoms with Gasteiger partial charge in [0.2, 0.25) is 5.91 Å². The second-order valence-corrected chi connectivity index (χ2v) is 8.73. The first-order valence-electron chi connectivity index (χ1n) is 11.1. The number of ether oxygens (including phenoxy) is 1. The van der Waals surface area contributed by atoms with E-state index in [1.54, 1.807) is 13.4 Å². The summed E-state index contributed by atoms with van der Waals surface area (Å²) in [5, 5.41) is 3.81. The van der Waals surface area contributed by atoms with Gasteiger partial charge in [-0.05, 0) is 42.3 Å². The van der Waals surface area contributed by atoms with E-state index in [1.165, 1.54) is 17.4 Å². The van der Waals surface area contributed by atoms with Crippen LogP contribution in [-0.2, 0) is 11.2 Å². The van der Waals surface area contributed by atoms with Gasteiger partial charge in [0, 0.05) is 43.6 Å². The first-order valence-corrected chi connectivity index (χ1v) is 12.1. The maximum absolute atomic E-state index is 12.5. The lowest BCUT2D eigenvalue weighted by molar-refractivity contribution is -0.113. The van der Waals surface area contributed by atoms with E-state index >= 15 is 0 Å². The lowest BCUT2D eigenvalue weighted by Crippen LogP contribution is -2.46. The van der Waals surface area contributed by atoms with E-state index in [4.69, 9.17) is 4.74 Å². The fourth-order valence-corrected chi connectivity index (χ4v) is 4.51. The van der Waals surface area contributed by atoms with E-state index in [-0.39, 0.29) is 5.91 Å².